The van der Waals surface area contributed by atoms with Crippen LogP contribution in [0.5, 0.6) is 5.75 Å². The smallest absolute Gasteiger partial charge is 0.251 e. The highest BCUT2D eigenvalue weighted by Gasteiger charge is 2.17. The summed E-state index contributed by atoms with van der Waals surface area (Å²) in [6.45, 7) is 6.51. The average Bonchev–Trinajstić information content (AvgIpc) is 2.30. The molecule has 0 aliphatic carbocycles. The normalized spacial score (nSPS) is 11.3. The molecular formula is C13H18BrNO2. The van der Waals surface area contributed by atoms with E-state index in [2.05, 4.69) is 35.1 Å². The second-order valence-electron chi connectivity index (χ2n) is 4.98. The van der Waals surface area contributed by atoms with Gasteiger partial charge in [0.15, 0.2) is 0 Å². The van der Waals surface area contributed by atoms with Gasteiger partial charge in [0, 0.05) is 17.4 Å². The Hall–Kier alpha value is -1.03. The maximum atomic E-state index is 11.8. The third-order valence-corrected chi connectivity index (χ3v) is 4.08. The molecule has 0 saturated carbocycles. The second kappa shape index (κ2) is 5.54. The minimum Gasteiger partial charge on any atom is -0.508 e. The first-order chi connectivity index (χ1) is 7.85. The molecule has 94 valence electrons. The van der Waals surface area contributed by atoms with E-state index >= 15 is 0 Å². The molecule has 0 unspecified atom stereocenters. The molecule has 0 bridgehead atoms. The van der Waals surface area contributed by atoms with Crippen LogP contribution in [-0.4, -0.2) is 22.9 Å². The van der Waals surface area contributed by atoms with Crippen molar-refractivity contribution < 1.29 is 9.90 Å². The van der Waals surface area contributed by atoms with E-state index in [0.717, 1.165) is 10.9 Å². The summed E-state index contributed by atoms with van der Waals surface area (Å²) in [6, 6.07) is 4.94. The lowest BCUT2D eigenvalue weighted by Crippen LogP contribution is -2.34. The van der Waals surface area contributed by atoms with Crippen molar-refractivity contribution in [2.45, 2.75) is 20.8 Å². The van der Waals surface area contributed by atoms with Gasteiger partial charge in [-0.1, -0.05) is 35.8 Å². The van der Waals surface area contributed by atoms with Crippen LogP contribution in [-0.2, 0) is 0 Å². The van der Waals surface area contributed by atoms with Gasteiger partial charge in [0.25, 0.3) is 5.91 Å². The number of nitrogens with one attached hydrogen (secondary N) is 1. The van der Waals surface area contributed by atoms with Crippen LogP contribution in [0, 0.1) is 12.3 Å². The Bertz CT molecular complexity index is 416. The molecule has 2 N–H and O–H groups in total. The van der Waals surface area contributed by atoms with Crippen LogP contribution in [0.25, 0.3) is 0 Å². The Morgan fingerprint density at radius 2 is 2.12 bits per heavy atom. The van der Waals surface area contributed by atoms with Crippen molar-refractivity contribution in [1.29, 1.82) is 0 Å². The number of phenolic OH excluding ortho intramolecular Hbond substituents is 1. The fraction of sp³-hybridized carbons (Fsp3) is 0.462. The first-order valence-electron chi connectivity index (χ1n) is 5.49. The van der Waals surface area contributed by atoms with Gasteiger partial charge in [-0.15, -0.1) is 0 Å². The van der Waals surface area contributed by atoms with Gasteiger partial charge in [0.05, 0.1) is 0 Å². The topological polar surface area (TPSA) is 49.3 Å². The molecule has 0 aromatic heterocycles. The maximum absolute atomic E-state index is 11.8. The lowest BCUT2D eigenvalue weighted by Gasteiger charge is -2.21. The summed E-state index contributed by atoms with van der Waals surface area (Å²) in [6.07, 6.45) is 0. The monoisotopic (exact) mass is 299 g/mol. The van der Waals surface area contributed by atoms with Gasteiger partial charge >= 0.3 is 0 Å². The summed E-state index contributed by atoms with van der Waals surface area (Å²) < 4.78 is 0. The minimum atomic E-state index is -0.158. The Morgan fingerprint density at radius 3 is 2.65 bits per heavy atom. The zero-order valence-electron chi connectivity index (χ0n) is 10.4. The van der Waals surface area contributed by atoms with Gasteiger partial charge in [-0.2, -0.15) is 0 Å². The van der Waals surface area contributed by atoms with Crippen molar-refractivity contribution in [1.82, 2.24) is 5.32 Å². The maximum Gasteiger partial charge on any atom is 0.251 e. The standard InChI is InChI=1S/C13H18BrNO2/c1-9-4-5-10(6-11(9)16)12(17)15-8-13(2,3)7-14/h4-6,16H,7-8H2,1-3H3,(H,15,17). The van der Waals surface area contributed by atoms with Gasteiger partial charge in [-0.25, -0.2) is 0 Å². The first kappa shape index (κ1) is 14.0. The number of aromatic hydroxyl groups is 1. The SMILES string of the molecule is Cc1ccc(C(=O)NCC(C)(C)CBr)cc1O. The number of aryl methyl sites for hydroxylation is 1. The molecule has 1 aromatic carbocycles. The fourth-order valence-electron chi connectivity index (χ4n) is 1.22. The number of carbonyl (C=O) groups excluding carboxylic acids is 1. The summed E-state index contributed by atoms with van der Waals surface area (Å²) in [5, 5.41) is 13.2. The van der Waals surface area contributed by atoms with Crippen molar-refractivity contribution in [2.75, 3.05) is 11.9 Å². The van der Waals surface area contributed by atoms with Crippen LogP contribution < -0.4 is 5.32 Å². The van der Waals surface area contributed by atoms with E-state index in [1.807, 2.05) is 0 Å². The van der Waals surface area contributed by atoms with Crippen LogP contribution in [0.15, 0.2) is 18.2 Å². The van der Waals surface area contributed by atoms with Gasteiger partial charge in [0.1, 0.15) is 5.75 Å². The molecule has 4 heteroatoms. The van der Waals surface area contributed by atoms with Crippen molar-refractivity contribution in [2.24, 2.45) is 5.41 Å². The number of benzene rings is 1. The van der Waals surface area contributed by atoms with Crippen LogP contribution in [0.2, 0.25) is 0 Å². The minimum absolute atomic E-state index is 0.0163. The van der Waals surface area contributed by atoms with E-state index in [9.17, 15) is 9.90 Å². The highest BCUT2D eigenvalue weighted by Crippen LogP contribution is 2.19. The number of alkyl halides is 1. The van der Waals surface area contributed by atoms with Gasteiger partial charge in [-0.05, 0) is 30.0 Å². The first-order valence-corrected chi connectivity index (χ1v) is 6.62. The van der Waals surface area contributed by atoms with Gasteiger partial charge in [-0.3, -0.25) is 4.79 Å². The Labute approximate surface area is 110 Å². The molecule has 0 aliphatic rings. The lowest BCUT2D eigenvalue weighted by molar-refractivity contribution is 0.0940. The van der Waals surface area contributed by atoms with E-state index < -0.39 is 0 Å². The molecule has 17 heavy (non-hydrogen) atoms. The molecule has 0 saturated heterocycles. The average molecular weight is 300 g/mol. The molecule has 1 rings (SSSR count). The molecule has 0 atom stereocenters. The van der Waals surface area contributed by atoms with Crippen molar-refractivity contribution in [3.8, 4) is 5.75 Å². The summed E-state index contributed by atoms with van der Waals surface area (Å²) in [4.78, 5) is 11.8. The van der Waals surface area contributed by atoms with E-state index in [4.69, 9.17) is 0 Å². The second-order valence-corrected chi connectivity index (χ2v) is 5.54. The number of hydrogen-bond acceptors (Lipinski definition) is 2. The highest BCUT2D eigenvalue weighted by atomic mass is 79.9. The van der Waals surface area contributed by atoms with E-state index in [0.29, 0.717) is 12.1 Å². The summed E-state index contributed by atoms with van der Waals surface area (Å²) in [5.41, 5.74) is 1.27. The zero-order valence-corrected chi connectivity index (χ0v) is 12.0. The predicted molar refractivity (Wildman–Crippen MR) is 72.8 cm³/mol. The molecule has 0 fully saturated rings. The summed E-state index contributed by atoms with van der Waals surface area (Å²) in [5.74, 6) is -0.00766. The van der Waals surface area contributed by atoms with Crippen molar-refractivity contribution in [3.63, 3.8) is 0 Å². The number of hydrogen-bond donors (Lipinski definition) is 2. The third kappa shape index (κ3) is 4.04. The predicted octanol–water partition coefficient (Wildman–Crippen LogP) is 2.85. The van der Waals surface area contributed by atoms with Crippen molar-refractivity contribution >= 4 is 21.8 Å². The largest absolute Gasteiger partial charge is 0.508 e. The van der Waals surface area contributed by atoms with Gasteiger partial charge < -0.3 is 10.4 Å². The fourth-order valence-corrected chi connectivity index (χ4v) is 1.42. The van der Waals surface area contributed by atoms with Crippen molar-refractivity contribution in [3.05, 3.63) is 29.3 Å². The molecule has 0 heterocycles. The Balaban J connectivity index is 2.68. The highest BCUT2D eigenvalue weighted by molar-refractivity contribution is 9.09. The quantitative estimate of drug-likeness (QED) is 0.840. The third-order valence-electron chi connectivity index (χ3n) is 2.56. The molecule has 0 aliphatic heterocycles. The number of rotatable bonds is 4. The van der Waals surface area contributed by atoms with Crippen LogP contribution in [0.3, 0.4) is 0 Å². The number of amides is 1. The number of carbonyl (C=O) groups is 1. The summed E-state index contributed by atoms with van der Waals surface area (Å²) in [7, 11) is 0. The Kier molecular flexibility index (Phi) is 4.57. The molecule has 0 radical (unpaired) electrons. The summed E-state index contributed by atoms with van der Waals surface area (Å²) >= 11 is 3.41. The van der Waals surface area contributed by atoms with Crippen LogP contribution in [0.4, 0.5) is 0 Å². The van der Waals surface area contributed by atoms with Crippen LogP contribution >= 0.6 is 15.9 Å². The lowest BCUT2D eigenvalue weighted by atomic mass is 9.96. The Morgan fingerprint density at radius 1 is 1.47 bits per heavy atom. The molecule has 1 aromatic rings. The molecule has 1 amide bonds. The van der Waals surface area contributed by atoms with E-state index in [-0.39, 0.29) is 17.1 Å². The van der Waals surface area contributed by atoms with E-state index in [1.165, 1.54) is 6.07 Å². The number of halogens is 1. The molecular weight excluding hydrogens is 282 g/mol. The molecule has 0 spiro atoms. The van der Waals surface area contributed by atoms with Gasteiger partial charge in [0.2, 0.25) is 0 Å². The number of phenols is 1. The van der Waals surface area contributed by atoms with E-state index in [1.54, 1.807) is 19.1 Å². The van der Waals surface area contributed by atoms with Crippen LogP contribution in [0.1, 0.15) is 29.8 Å². The zero-order chi connectivity index (χ0) is 13.1. The molecule has 3 nitrogen and oxygen atoms in total.